The van der Waals surface area contributed by atoms with Crippen LogP contribution in [-0.2, 0) is 13.0 Å². The maximum absolute atomic E-state index is 4.81. The second-order valence-electron chi connectivity index (χ2n) is 7.37. The molecule has 1 aromatic rings. The van der Waals surface area contributed by atoms with E-state index in [1.807, 2.05) is 0 Å². The number of anilines is 1. The van der Waals surface area contributed by atoms with Crippen molar-refractivity contribution >= 4 is 5.82 Å². The molecule has 0 saturated heterocycles. The number of rotatable bonds is 6. The number of aromatic nitrogens is 1. The largest absolute Gasteiger partial charge is 0.356 e. The number of hydrogen-bond donors (Lipinski definition) is 1. The summed E-state index contributed by atoms with van der Waals surface area (Å²) >= 11 is 0. The Morgan fingerprint density at radius 1 is 1.19 bits per heavy atom. The number of aryl methyl sites for hydroxylation is 1. The number of hydrogen-bond acceptors (Lipinski definition) is 3. The van der Waals surface area contributed by atoms with E-state index in [0.717, 1.165) is 18.8 Å². The Hall–Kier alpha value is -1.09. The predicted molar refractivity (Wildman–Crippen MR) is 92.9 cm³/mol. The van der Waals surface area contributed by atoms with Gasteiger partial charge in [0.25, 0.3) is 0 Å². The molecule has 3 nitrogen and oxygen atoms in total. The zero-order valence-electron chi connectivity index (χ0n) is 15.1. The average molecular weight is 291 g/mol. The van der Waals surface area contributed by atoms with Crippen LogP contribution >= 0.6 is 0 Å². The fraction of sp³-hybridized carbons (Fsp3) is 0.722. The van der Waals surface area contributed by atoms with Crippen LogP contribution in [0.25, 0.3) is 0 Å². The summed E-state index contributed by atoms with van der Waals surface area (Å²) in [4.78, 5) is 7.12. The summed E-state index contributed by atoms with van der Waals surface area (Å²) < 4.78 is 0. The average Bonchev–Trinajstić information content (AvgIpc) is 2.42. The van der Waals surface area contributed by atoms with Gasteiger partial charge in [-0.15, -0.1) is 0 Å². The second kappa shape index (κ2) is 7.26. The highest BCUT2D eigenvalue weighted by Gasteiger charge is 2.25. The van der Waals surface area contributed by atoms with E-state index in [9.17, 15) is 0 Å². The summed E-state index contributed by atoms with van der Waals surface area (Å²) in [5.74, 6) is 1.08. The van der Waals surface area contributed by atoms with Crippen LogP contribution in [0, 0.1) is 5.41 Å². The monoisotopic (exact) mass is 291 g/mol. The summed E-state index contributed by atoms with van der Waals surface area (Å²) in [6.07, 6.45) is 0.972. The van der Waals surface area contributed by atoms with Crippen molar-refractivity contribution in [3.63, 3.8) is 0 Å². The lowest BCUT2D eigenvalue weighted by Crippen LogP contribution is -2.40. The van der Waals surface area contributed by atoms with Gasteiger partial charge in [-0.1, -0.05) is 41.5 Å². The molecule has 0 radical (unpaired) electrons. The Morgan fingerprint density at radius 3 is 2.29 bits per heavy atom. The fourth-order valence-corrected chi connectivity index (χ4v) is 2.20. The van der Waals surface area contributed by atoms with Crippen molar-refractivity contribution in [2.75, 3.05) is 11.9 Å². The fourth-order valence-electron chi connectivity index (χ4n) is 2.20. The lowest BCUT2D eigenvalue weighted by molar-refractivity contribution is 0.328. The van der Waals surface area contributed by atoms with Gasteiger partial charge in [-0.25, -0.2) is 4.98 Å². The lowest BCUT2D eigenvalue weighted by atomic mass is 9.87. The molecule has 120 valence electrons. The van der Waals surface area contributed by atoms with E-state index in [2.05, 4.69) is 77.9 Å². The molecule has 1 N–H and O–H groups in total. The topological polar surface area (TPSA) is 28.2 Å². The van der Waals surface area contributed by atoms with Crippen LogP contribution in [0.4, 0.5) is 5.82 Å². The normalized spacial score (nSPS) is 13.6. The van der Waals surface area contributed by atoms with Crippen molar-refractivity contribution in [2.45, 2.75) is 73.5 Å². The van der Waals surface area contributed by atoms with Gasteiger partial charge in [0, 0.05) is 31.4 Å². The summed E-state index contributed by atoms with van der Waals surface area (Å²) in [6, 6.07) is 5.37. The predicted octanol–water partition coefficient (Wildman–Crippen LogP) is 4.01. The van der Waals surface area contributed by atoms with E-state index >= 15 is 0 Å². The van der Waals surface area contributed by atoms with Crippen LogP contribution in [0.5, 0.6) is 0 Å². The van der Waals surface area contributed by atoms with Crippen molar-refractivity contribution in [2.24, 2.45) is 5.41 Å². The third-order valence-electron chi connectivity index (χ3n) is 4.20. The number of nitrogens with one attached hydrogen (secondary N) is 1. The van der Waals surface area contributed by atoms with E-state index < -0.39 is 0 Å². The minimum absolute atomic E-state index is 0.231. The molecule has 1 heterocycles. The van der Waals surface area contributed by atoms with Crippen LogP contribution < -0.4 is 10.2 Å². The first-order valence-corrected chi connectivity index (χ1v) is 8.11. The molecular weight excluding hydrogens is 258 g/mol. The van der Waals surface area contributed by atoms with Crippen LogP contribution in [-0.4, -0.2) is 24.1 Å². The summed E-state index contributed by atoms with van der Waals surface area (Å²) in [6.45, 7) is 16.5. The van der Waals surface area contributed by atoms with Crippen molar-refractivity contribution in [1.29, 1.82) is 0 Å². The van der Waals surface area contributed by atoms with E-state index in [1.165, 1.54) is 11.3 Å². The SMILES string of the molecule is CCc1cc(CNC(C)C)cc(N(C)C(C)C(C)(C)C)n1. The van der Waals surface area contributed by atoms with Gasteiger partial charge in [-0.05, 0) is 36.5 Å². The van der Waals surface area contributed by atoms with Gasteiger partial charge in [0.15, 0.2) is 0 Å². The standard InChI is InChI=1S/C18H33N3/c1-9-16-10-15(12-19-13(2)3)11-17(20-16)21(8)14(4)18(5,6)7/h10-11,13-14,19H,9,12H2,1-8H3. The van der Waals surface area contributed by atoms with E-state index in [1.54, 1.807) is 0 Å². The van der Waals surface area contributed by atoms with Gasteiger partial charge < -0.3 is 10.2 Å². The minimum atomic E-state index is 0.231. The molecule has 0 aliphatic carbocycles. The smallest absolute Gasteiger partial charge is 0.129 e. The molecule has 0 aromatic carbocycles. The lowest BCUT2D eigenvalue weighted by Gasteiger charge is -2.36. The molecule has 21 heavy (non-hydrogen) atoms. The van der Waals surface area contributed by atoms with Gasteiger partial charge in [-0.2, -0.15) is 0 Å². The quantitative estimate of drug-likeness (QED) is 0.858. The van der Waals surface area contributed by atoms with Crippen LogP contribution in [0.2, 0.25) is 0 Å². The third kappa shape index (κ3) is 5.31. The van der Waals surface area contributed by atoms with Gasteiger partial charge >= 0.3 is 0 Å². The van der Waals surface area contributed by atoms with E-state index in [0.29, 0.717) is 12.1 Å². The summed E-state index contributed by atoms with van der Waals surface area (Å²) in [5.41, 5.74) is 2.72. The van der Waals surface area contributed by atoms with Gasteiger partial charge in [0.2, 0.25) is 0 Å². The van der Waals surface area contributed by atoms with Gasteiger partial charge in [-0.3, -0.25) is 0 Å². The molecule has 0 fully saturated rings. The first-order valence-electron chi connectivity index (χ1n) is 8.11. The van der Waals surface area contributed by atoms with Crippen LogP contribution in [0.3, 0.4) is 0 Å². The van der Waals surface area contributed by atoms with Crippen LogP contribution in [0.15, 0.2) is 12.1 Å². The van der Waals surface area contributed by atoms with Crippen LogP contribution in [0.1, 0.15) is 59.7 Å². The van der Waals surface area contributed by atoms with Gasteiger partial charge in [0.1, 0.15) is 5.82 Å². The molecular formula is C18H33N3. The zero-order valence-corrected chi connectivity index (χ0v) is 15.1. The maximum atomic E-state index is 4.81. The van der Waals surface area contributed by atoms with E-state index in [4.69, 9.17) is 4.98 Å². The van der Waals surface area contributed by atoms with Crippen molar-refractivity contribution in [3.05, 3.63) is 23.4 Å². The second-order valence-corrected chi connectivity index (χ2v) is 7.37. The molecule has 0 spiro atoms. The molecule has 1 atom stereocenters. The molecule has 0 aliphatic heterocycles. The Labute approximate surface area is 131 Å². The van der Waals surface area contributed by atoms with Gasteiger partial charge in [0.05, 0.1) is 0 Å². The molecule has 0 aliphatic rings. The van der Waals surface area contributed by atoms with Crippen molar-refractivity contribution in [3.8, 4) is 0 Å². The molecule has 1 aromatic heterocycles. The molecule has 1 rings (SSSR count). The Bertz CT molecular complexity index is 446. The molecule has 0 amide bonds. The first-order chi connectivity index (χ1) is 9.65. The summed E-state index contributed by atoms with van der Waals surface area (Å²) in [5, 5.41) is 3.49. The third-order valence-corrected chi connectivity index (χ3v) is 4.20. The van der Waals surface area contributed by atoms with Crippen molar-refractivity contribution < 1.29 is 0 Å². The van der Waals surface area contributed by atoms with E-state index in [-0.39, 0.29) is 5.41 Å². The number of pyridine rings is 1. The Kier molecular flexibility index (Phi) is 6.21. The highest BCUT2D eigenvalue weighted by atomic mass is 15.2. The highest BCUT2D eigenvalue weighted by molar-refractivity contribution is 5.43. The molecule has 0 saturated carbocycles. The first kappa shape index (κ1) is 18.0. The molecule has 1 unspecified atom stereocenters. The number of nitrogens with zero attached hydrogens (tertiary/aromatic N) is 2. The summed E-state index contributed by atoms with van der Waals surface area (Å²) in [7, 11) is 2.15. The minimum Gasteiger partial charge on any atom is -0.356 e. The molecule has 0 bridgehead atoms. The van der Waals surface area contributed by atoms with Crippen molar-refractivity contribution in [1.82, 2.24) is 10.3 Å². The highest BCUT2D eigenvalue weighted by Crippen LogP contribution is 2.27. The molecule has 3 heteroatoms. The zero-order chi connectivity index (χ0) is 16.2. The Morgan fingerprint density at radius 2 is 1.81 bits per heavy atom. The maximum Gasteiger partial charge on any atom is 0.129 e. The Balaban J connectivity index is 3.03.